The molecule has 2 aliphatic heterocycles. The Kier molecular flexibility index (Phi) is 5.39. The van der Waals surface area contributed by atoms with Crippen molar-refractivity contribution in [1.82, 2.24) is 0 Å². The summed E-state index contributed by atoms with van der Waals surface area (Å²) < 4.78 is 33.6. The number of benzene rings is 2. The van der Waals surface area contributed by atoms with Gasteiger partial charge >= 0.3 is 0 Å². The van der Waals surface area contributed by atoms with Gasteiger partial charge in [0.05, 0.1) is 14.2 Å². The number of ether oxygens (including phenoxy) is 6. The summed E-state index contributed by atoms with van der Waals surface area (Å²) in [4.78, 5) is 13.1. The number of hydrogen-bond donors (Lipinski definition) is 0. The van der Waals surface area contributed by atoms with E-state index in [2.05, 4.69) is 0 Å². The molecular formula is C25H24O7. The predicted octanol–water partition coefficient (Wildman–Crippen LogP) is 4.08. The molecule has 3 aliphatic rings. The van der Waals surface area contributed by atoms with Crippen LogP contribution in [-0.2, 0) is 4.79 Å². The number of Topliss-reactive ketones (excluding diaryl/α,β-unsaturated/α-hetero) is 1. The lowest BCUT2D eigenvalue weighted by atomic mass is 10.1. The minimum absolute atomic E-state index is 0.0349. The fourth-order valence-electron chi connectivity index (χ4n) is 4.13. The summed E-state index contributed by atoms with van der Waals surface area (Å²) in [6.45, 7) is 1.95. The summed E-state index contributed by atoms with van der Waals surface area (Å²) in [6, 6.07) is 7.48. The van der Waals surface area contributed by atoms with Crippen LogP contribution < -0.4 is 28.4 Å². The van der Waals surface area contributed by atoms with Gasteiger partial charge in [-0.1, -0.05) is 0 Å². The van der Waals surface area contributed by atoms with E-state index in [0.29, 0.717) is 73.8 Å². The molecule has 1 aliphatic carbocycles. The zero-order chi connectivity index (χ0) is 22.1. The molecule has 0 aromatic heterocycles. The van der Waals surface area contributed by atoms with E-state index in [1.54, 1.807) is 14.2 Å². The Labute approximate surface area is 186 Å². The van der Waals surface area contributed by atoms with Gasteiger partial charge in [-0.2, -0.15) is 0 Å². The topological polar surface area (TPSA) is 72.5 Å². The van der Waals surface area contributed by atoms with Crippen LogP contribution in [-0.4, -0.2) is 46.4 Å². The number of ketones is 1. The minimum Gasteiger partial charge on any atom is -0.493 e. The molecule has 0 bridgehead atoms. The van der Waals surface area contributed by atoms with Crippen molar-refractivity contribution in [2.45, 2.75) is 12.8 Å². The van der Waals surface area contributed by atoms with Crippen molar-refractivity contribution in [3.8, 4) is 34.5 Å². The van der Waals surface area contributed by atoms with Crippen molar-refractivity contribution in [2.75, 3.05) is 40.6 Å². The Hall–Kier alpha value is -3.61. The molecular weight excluding hydrogens is 412 g/mol. The van der Waals surface area contributed by atoms with Crippen molar-refractivity contribution in [3.05, 3.63) is 46.5 Å². The molecule has 0 atom stereocenters. The molecule has 166 valence electrons. The maximum absolute atomic E-state index is 13.1. The monoisotopic (exact) mass is 436 g/mol. The van der Waals surface area contributed by atoms with Crippen molar-refractivity contribution < 1.29 is 33.2 Å². The lowest BCUT2D eigenvalue weighted by Crippen LogP contribution is -2.16. The maximum atomic E-state index is 13.1. The molecule has 7 heteroatoms. The quantitative estimate of drug-likeness (QED) is 0.669. The van der Waals surface area contributed by atoms with E-state index in [-0.39, 0.29) is 5.78 Å². The van der Waals surface area contributed by atoms with E-state index >= 15 is 0 Å². The van der Waals surface area contributed by atoms with Crippen molar-refractivity contribution in [3.63, 3.8) is 0 Å². The second kappa shape index (κ2) is 8.49. The molecule has 0 saturated heterocycles. The van der Waals surface area contributed by atoms with E-state index in [1.165, 1.54) is 0 Å². The summed E-state index contributed by atoms with van der Waals surface area (Å²) in [6.07, 6.45) is 5.13. The molecule has 0 spiro atoms. The van der Waals surface area contributed by atoms with Crippen molar-refractivity contribution in [2.24, 2.45) is 0 Å². The van der Waals surface area contributed by atoms with Gasteiger partial charge < -0.3 is 28.4 Å². The lowest BCUT2D eigenvalue weighted by molar-refractivity contribution is -0.111. The van der Waals surface area contributed by atoms with E-state index in [4.69, 9.17) is 28.4 Å². The Bertz CT molecular complexity index is 1010. The van der Waals surface area contributed by atoms with E-state index in [1.807, 2.05) is 36.4 Å². The van der Waals surface area contributed by atoms with Crippen LogP contribution in [0.1, 0.15) is 24.0 Å². The fourth-order valence-corrected chi connectivity index (χ4v) is 4.13. The Morgan fingerprint density at radius 1 is 0.688 bits per heavy atom. The number of carbonyl (C=O) groups excluding carboxylic acids is 1. The first-order valence-corrected chi connectivity index (χ1v) is 10.6. The van der Waals surface area contributed by atoms with E-state index in [0.717, 1.165) is 22.3 Å². The van der Waals surface area contributed by atoms with Crippen LogP contribution in [0.25, 0.3) is 12.2 Å². The van der Waals surface area contributed by atoms with Crippen molar-refractivity contribution >= 4 is 17.9 Å². The minimum atomic E-state index is 0.0349. The molecule has 0 N–H and O–H groups in total. The van der Waals surface area contributed by atoms with E-state index in [9.17, 15) is 4.79 Å². The predicted molar refractivity (Wildman–Crippen MR) is 118 cm³/mol. The van der Waals surface area contributed by atoms with Crippen LogP contribution in [0, 0.1) is 0 Å². The normalized spacial score (nSPS) is 19.4. The summed E-state index contributed by atoms with van der Waals surface area (Å²) in [5.41, 5.74) is 3.19. The molecule has 0 amide bonds. The van der Waals surface area contributed by atoms with Gasteiger partial charge in [-0.05, 0) is 60.4 Å². The Balaban J connectivity index is 1.43. The fraction of sp³-hybridized carbons (Fsp3) is 0.320. The first-order valence-electron chi connectivity index (χ1n) is 10.6. The van der Waals surface area contributed by atoms with Gasteiger partial charge in [0.1, 0.15) is 26.4 Å². The molecule has 32 heavy (non-hydrogen) atoms. The van der Waals surface area contributed by atoms with Gasteiger partial charge in [-0.25, -0.2) is 0 Å². The number of rotatable bonds is 4. The largest absolute Gasteiger partial charge is 0.493 e. The molecule has 2 aromatic carbocycles. The second-order valence-electron chi connectivity index (χ2n) is 7.66. The zero-order valence-electron chi connectivity index (χ0n) is 18.1. The van der Waals surface area contributed by atoms with Gasteiger partial charge in [0.25, 0.3) is 0 Å². The molecule has 2 heterocycles. The highest BCUT2D eigenvalue weighted by Crippen LogP contribution is 2.43. The summed E-state index contributed by atoms with van der Waals surface area (Å²) in [5.74, 6) is 3.70. The summed E-state index contributed by atoms with van der Waals surface area (Å²) in [5, 5.41) is 0. The highest BCUT2D eigenvalue weighted by Gasteiger charge is 2.25. The highest BCUT2D eigenvalue weighted by atomic mass is 16.6. The highest BCUT2D eigenvalue weighted by molar-refractivity contribution is 6.15. The SMILES string of the molecule is COc1cc(/C=C2\CC/C(=C\c3cc(OC)c4c(c3)OCCO4)C2=O)cc2c1OCCO2. The van der Waals surface area contributed by atoms with Crippen LogP contribution in [0.15, 0.2) is 35.4 Å². The first-order chi connectivity index (χ1) is 15.7. The van der Waals surface area contributed by atoms with E-state index < -0.39 is 0 Å². The van der Waals surface area contributed by atoms with Crippen LogP contribution >= 0.6 is 0 Å². The molecule has 1 saturated carbocycles. The third-order valence-corrected chi connectivity index (χ3v) is 5.63. The van der Waals surface area contributed by atoms with Crippen LogP contribution in [0.3, 0.4) is 0 Å². The second-order valence-corrected chi connectivity index (χ2v) is 7.66. The number of allylic oxidation sites excluding steroid dienone is 2. The third kappa shape index (κ3) is 3.75. The standard InChI is InChI=1S/C25H24O7/c1-27-19-11-15(13-21-24(19)31-7-5-29-21)9-17-3-4-18(23(17)26)10-16-12-20(28-2)25-22(14-16)30-6-8-32-25/h9-14H,3-8H2,1-2H3/b17-9+,18-10+. The maximum Gasteiger partial charge on any atom is 0.203 e. The summed E-state index contributed by atoms with van der Waals surface area (Å²) >= 11 is 0. The Morgan fingerprint density at radius 3 is 1.56 bits per heavy atom. The van der Waals surface area contributed by atoms with Gasteiger partial charge in [-0.15, -0.1) is 0 Å². The number of carbonyl (C=O) groups is 1. The van der Waals surface area contributed by atoms with Gasteiger partial charge in [0.15, 0.2) is 28.8 Å². The molecule has 1 fully saturated rings. The average Bonchev–Trinajstić information content (AvgIpc) is 3.16. The van der Waals surface area contributed by atoms with Crippen LogP contribution in [0.5, 0.6) is 34.5 Å². The van der Waals surface area contributed by atoms with Crippen molar-refractivity contribution in [1.29, 1.82) is 0 Å². The van der Waals surface area contributed by atoms with Gasteiger partial charge in [0.2, 0.25) is 11.5 Å². The smallest absolute Gasteiger partial charge is 0.203 e. The molecule has 7 nitrogen and oxygen atoms in total. The zero-order valence-corrected chi connectivity index (χ0v) is 18.1. The first kappa shape index (κ1) is 20.3. The third-order valence-electron chi connectivity index (χ3n) is 5.63. The molecule has 2 aromatic rings. The average molecular weight is 436 g/mol. The molecule has 5 rings (SSSR count). The lowest BCUT2D eigenvalue weighted by Gasteiger charge is -2.21. The van der Waals surface area contributed by atoms with Gasteiger partial charge in [-0.3, -0.25) is 4.79 Å². The summed E-state index contributed by atoms with van der Waals surface area (Å²) in [7, 11) is 3.18. The Morgan fingerprint density at radius 2 is 1.12 bits per heavy atom. The molecule has 0 unspecified atom stereocenters. The van der Waals surface area contributed by atoms with Crippen LogP contribution in [0.4, 0.5) is 0 Å². The number of methoxy groups -OCH3 is 2. The number of fused-ring (bicyclic) bond motifs is 2. The molecule has 0 radical (unpaired) electrons. The number of hydrogen-bond acceptors (Lipinski definition) is 7. The van der Waals surface area contributed by atoms with Crippen LogP contribution in [0.2, 0.25) is 0 Å². The van der Waals surface area contributed by atoms with Gasteiger partial charge in [0, 0.05) is 11.1 Å².